The minimum Gasteiger partial charge on any atom is -0.377 e. The largest absolute Gasteiger partial charge is 0.377 e. The highest BCUT2D eigenvalue weighted by molar-refractivity contribution is 7.89. The number of carbonyl (C=O) groups is 1. The van der Waals surface area contributed by atoms with Gasteiger partial charge < -0.3 is 9.64 Å². The molecule has 196 valence electrons. The number of nitrogens with zero attached hydrogens (tertiary/aromatic N) is 4. The van der Waals surface area contributed by atoms with Gasteiger partial charge in [-0.1, -0.05) is 22.9 Å². The van der Waals surface area contributed by atoms with Gasteiger partial charge in [0, 0.05) is 43.9 Å². The predicted molar refractivity (Wildman–Crippen MR) is 147 cm³/mol. The molecule has 0 saturated carbocycles. The molecule has 1 aliphatic heterocycles. The van der Waals surface area contributed by atoms with Crippen molar-refractivity contribution in [2.24, 2.45) is 0 Å². The molecule has 12 heteroatoms. The molecule has 1 saturated heterocycles. The summed E-state index contributed by atoms with van der Waals surface area (Å²) < 4.78 is 33.8. The number of thiazole rings is 1. The van der Waals surface area contributed by atoms with Crippen LogP contribution >= 0.6 is 35.3 Å². The van der Waals surface area contributed by atoms with Crippen molar-refractivity contribution in [1.82, 2.24) is 14.2 Å². The van der Waals surface area contributed by atoms with Crippen molar-refractivity contribution in [3.8, 4) is 0 Å². The lowest BCUT2D eigenvalue weighted by molar-refractivity contribution is 0.0978. The third-order valence-electron chi connectivity index (χ3n) is 5.88. The molecule has 1 amide bonds. The van der Waals surface area contributed by atoms with Gasteiger partial charge in [-0.3, -0.25) is 9.69 Å². The number of anilines is 1. The fourth-order valence-corrected chi connectivity index (χ4v) is 6.33. The Morgan fingerprint density at radius 2 is 1.86 bits per heavy atom. The van der Waals surface area contributed by atoms with Crippen molar-refractivity contribution in [1.29, 1.82) is 0 Å². The van der Waals surface area contributed by atoms with Gasteiger partial charge in [0.25, 0.3) is 5.91 Å². The van der Waals surface area contributed by atoms with Crippen LogP contribution in [0.1, 0.15) is 23.2 Å². The number of benzene rings is 2. The molecule has 2 heterocycles. The first-order valence-electron chi connectivity index (χ1n) is 11.4. The van der Waals surface area contributed by atoms with Crippen LogP contribution in [-0.4, -0.2) is 82.0 Å². The molecule has 1 aromatic heterocycles. The highest BCUT2D eigenvalue weighted by Gasteiger charge is 2.27. The van der Waals surface area contributed by atoms with Crippen LogP contribution in [0.25, 0.3) is 10.2 Å². The van der Waals surface area contributed by atoms with E-state index in [1.54, 1.807) is 30.1 Å². The van der Waals surface area contributed by atoms with Crippen molar-refractivity contribution < 1.29 is 17.9 Å². The number of rotatable bonds is 9. The van der Waals surface area contributed by atoms with Crippen molar-refractivity contribution in [2.75, 3.05) is 52.3 Å². The average Bonchev–Trinajstić information content (AvgIpc) is 3.48. The lowest BCUT2D eigenvalue weighted by Gasteiger charge is -2.22. The number of hydrogen-bond donors (Lipinski definition) is 0. The number of hydrogen-bond acceptors (Lipinski definition) is 7. The Labute approximate surface area is 227 Å². The molecule has 3 aromatic rings. The molecule has 2 aromatic carbocycles. The molecule has 1 atom stereocenters. The number of amides is 1. The molecular weight excluding hydrogens is 543 g/mol. The maximum Gasteiger partial charge on any atom is 0.260 e. The number of aromatic nitrogens is 1. The Hall–Kier alpha value is -1.79. The molecule has 0 bridgehead atoms. The van der Waals surface area contributed by atoms with Crippen LogP contribution in [0.2, 0.25) is 5.02 Å². The topological polar surface area (TPSA) is 83.1 Å². The number of halogens is 2. The van der Waals surface area contributed by atoms with Crippen LogP contribution in [0.15, 0.2) is 47.4 Å². The first-order valence-corrected chi connectivity index (χ1v) is 14.0. The molecule has 1 fully saturated rings. The maximum absolute atomic E-state index is 13.5. The van der Waals surface area contributed by atoms with E-state index in [0.29, 0.717) is 42.0 Å². The van der Waals surface area contributed by atoms with Crippen molar-refractivity contribution in [2.45, 2.75) is 23.8 Å². The normalized spacial score (nSPS) is 16.0. The summed E-state index contributed by atoms with van der Waals surface area (Å²) in [6.07, 6.45) is 1.72. The Kier molecular flexibility index (Phi) is 9.73. The van der Waals surface area contributed by atoms with E-state index in [0.717, 1.165) is 23.1 Å². The molecule has 0 N–H and O–H groups in total. The lowest BCUT2D eigenvalue weighted by Crippen LogP contribution is -2.37. The number of carbonyl (C=O) groups excluding carboxylic acids is 1. The molecule has 0 radical (unpaired) electrons. The van der Waals surface area contributed by atoms with E-state index in [1.807, 2.05) is 31.1 Å². The summed E-state index contributed by atoms with van der Waals surface area (Å²) in [6.45, 7) is 2.05. The van der Waals surface area contributed by atoms with E-state index in [-0.39, 0.29) is 29.3 Å². The monoisotopic (exact) mass is 572 g/mol. The molecular formula is C24H30Cl2N4O4S2. The van der Waals surface area contributed by atoms with Crippen LogP contribution in [0.4, 0.5) is 5.13 Å². The summed E-state index contributed by atoms with van der Waals surface area (Å²) in [5.41, 5.74) is 1.16. The zero-order chi connectivity index (χ0) is 25.2. The van der Waals surface area contributed by atoms with Gasteiger partial charge in [-0.25, -0.2) is 13.4 Å². The minimum atomic E-state index is -3.69. The van der Waals surface area contributed by atoms with Gasteiger partial charge in [0.1, 0.15) is 0 Å². The molecule has 4 rings (SSSR count). The van der Waals surface area contributed by atoms with E-state index in [2.05, 4.69) is 4.98 Å². The number of ether oxygens (including phenoxy) is 1. The van der Waals surface area contributed by atoms with Gasteiger partial charge in [-0.15, -0.1) is 12.4 Å². The van der Waals surface area contributed by atoms with Gasteiger partial charge in [0.15, 0.2) is 5.13 Å². The van der Waals surface area contributed by atoms with E-state index in [9.17, 15) is 13.2 Å². The fraction of sp³-hybridized carbons (Fsp3) is 0.417. The minimum absolute atomic E-state index is 0. The second kappa shape index (κ2) is 12.2. The van der Waals surface area contributed by atoms with Gasteiger partial charge in [0.05, 0.1) is 21.2 Å². The van der Waals surface area contributed by atoms with E-state index >= 15 is 0 Å². The maximum atomic E-state index is 13.5. The standard InChI is InChI=1S/C24H29ClN4O4S2.ClH/c1-27(2)12-13-29(24-26-21-11-8-18(25)15-22(21)34-24)23(30)17-6-9-20(10-7-17)35(31,32)28(3)16-19-5-4-14-33-19;/h6-11,15,19H,4-5,12-14,16H2,1-3H3;1H. The van der Waals surface area contributed by atoms with Gasteiger partial charge in [-0.2, -0.15) is 4.31 Å². The smallest absolute Gasteiger partial charge is 0.260 e. The summed E-state index contributed by atoms with van der Waals surface area (Å²) in [6, 6.07) is 11.5. The lowest BCUT2D eigenvalue weighted by atomic mass is 10.2. The summed E-state index contributed by atoms with van der Waals surface area (Å²) in [5, 5.41) is 1.18. The molecule has 8 nitrogen and oxygen atoms in total. The van der Waals surface area contributed by atoms with Crippen LogP contribution in [-0.2, 0) is 14.8 Å². The number of likely N-dealkylation sites (N-methyl/N-ethyl adjacent to an activating group) is 2. The third kappa shape index (κ3) is 6.55. The van der Waals surface area contributed by atoms with Crippen LogP contribution in [0.3, 0.4) is 0 Å². The molecule has 0 aliphatic carbocycles. The van der Waals surface area contributed by atoms with E-state index in [1.165, 1.54) is 27.8 Å². The van der Waals surface area contributed by atoms with Crippen molar-refractivity contribution >= 4 is 66.6 Å². The fourth-order valence-electron chi connectivity index (χ4n) is 3.86. The first kappa shape index (κ1) is 28.8. The highest BCUT2D eigenvalue weighted by Crippen LogP contribution is 2.31. The van der Waals surface area contributed by atoms with Crippen LogP contribution < -0.4 is 4.90 Å². The zero-order valence-electron chi connectivity index (χ0n) is 20.4. The number of sulfonamides is 1. The Balaban J connectivity index is 0.00000361. The predicted octanol–water partition coefficient (Wildman–Crippen LogP) is 4.38. The molecule has 1 unspecified atom stereocenters. The summed E-state index contributed by atoms with van der Waals surface area (Å²) in [7, 11) is 1.74. The first-order chi connectivity index (χ1) is 16.6. The van der Waals surface area contributed by atoms with Crippen LogP contribution in [0, 0.1) is 0 Å². The Morgan fingerprint density at radius 1 is 1.14 bits per heavy atom. The molecule has 0 spiro atoms. The average molecular weight is 574 g/mol. The van der Waals surface area contributed by atoms with Gasteiger partial charge in [-0.05, 0) is 69.4 Å². The van der Waals surface area contributed by atoms with Gasteiger partial charge in [0.2, 0.25) is 10.0 Å². The summed E-state index contributed by atoms with van der Waals surface area (Å²) in [4.78, 5) is 21.9. The van der Waals surface area contributed by atoms with Crippen LogP contribution in [0.5, 0.6) is 0 Å². The highest BCUT2D eigenvalue weighted by atomic mass is 35.5. The summed E-state index contributed by atoms with van der Waals surface area (Å²) >= 11 is 7.52. The Morgan fingerprint density at radius 3 is 2.50 bits per heavy atom. The second-order valence-electron chi connectivity index (χ2n) is 8.81. The SMILES string of the molecule is CN(C)CCN(C(=O)c1ccc(S(=O)(=O)N(C)CC2CCCO2)cc1)c1nc2ccc(Cl)cc2s1.Cl. The van der Waals surface area contributed by atoms with E-state index < -0.39 is 10.0 Å². The second-order valence-corrected chi connectivity index (χ2v) is 12.3. The van der Waals surface area contributed by atoms with Crippen molar-refractivity contribution in [3.05, 3.63) is 53.1 Å². The van der Waals surface area contributed by atoms with Crippen molar-refractivity contribution in [3.63, 3.8) is 0 Å². The third-order valence-corrected chi connectivity index (χ3v) is 8.99. The molecule has 36 heavy (non-hydrogen) atoms. The zero-order valence-corrected chi connectivity index (χ0v) is 23.6. The Bertz CT molecular complexity index is 1290. The quantitative estimate of drug-likeness (QED) is 0.378. The van der Waals surface area contributed by atoms with Gasteiger partial charge >= 0.3 is 0 Å². The number of fused-ring (bicyclic) bond motifs is 1. The van der Waals surface area contributed by atoms with E-state index in [4.69, 9.17) is 16.3 Å². The molecule has 1 aliphatic rings. The summed E-state index contributed by atoms with van der Waals surface area (Å²) in [5.74, 6) is -0.242.